The number of rotatable bonds is 4. The van der Waals surface area contributed by atoms with Gasteiger partial charge in [-0.3, -0.25) is 0 Å². The van der Waals surface area contributed by atoms with E-state index in [1.54, 1.807) is 12.1 Å². The fourth-order valence-corrected chi connectivity index (χ4v) is 1.12. The van der Waals surface area contributed by atoms with E-state index < -0.39 is 0 Å². The van der Waals surface area contributed by atoms with E-state index in [9.17, 15) is 4.39 Å². The summed E-state index contributed by atoms with van der Waals surface area (Å²) in [6.45, 7) is 6.62. The van der Waals surface area contributed by atoms with Gasteiger partial charge < -0.3 is 5.32 Å². The second-order valence-electron chi connectivity index (χ2n) is 2.86. The maximum atomic E-state index is 12.8. The number of hydrogen-bond donors (Lipinski definition) is 1. The molecule has 0 saturated carbocycles. The zero-order valence-corrected chi connectivity index (χ0v) is 7.81. The molecule has 1 N–H and O–H groups in total. The molecule has 0 fully saturated rings. The molecule has 70 valence electrons. The fourth-order valence-electron chi connectivity index (χ4n) is 1.12. The molecule has 0 aliphatic rings. The van der Waals surface area contributed by atoms with Crippen LogP contribution in [0.1, 0.15) is 18.9 Å². The van der Waals surface area contributed by atoms with Gasteiger partial charge in [0.15, 0.2) is 0 Å². The van der Waals surface area contributed by atoms with Gasteiger partial charge in [0.1, 0.15) is 5.82 Å². The molecule has 0 bridgehead atoms. The Kier molecular flexibility index (Phi) is 3.50. The maximum Gasteiger partial charge on any atom is 0.123 e. The van der Waals surface area contributed by atoms with Gasteiger partial charge in [-0.15, -0.1) is 0 Å². The zero-order valence-electron chi connectivity index (χ0n) is 7.81. The van der Waals surface area contributed by atoms with E-state index in [1.165, 1.54) is 12.1 Å². The number of halogens is 1. The Labute approximate surface area is 78.3 Å². The first-order chi connectivity index (χ1) is 6.27. The Morgan fingerprint density at radius 2 is 2.31 bits per heavy atom. The van der Waals surface area contributed by atoms with Gasteiger partial charge in [-0.2, -0.15) is 0 Å². The van der Waals surface area contributed by atoms with Gasteiger partial charge in [-0.1, -0.05) is 19.6 Å². The normalized spacial score (nSPS) is 9.69. The third-order valence-electron chi connectivity index (χ3n) is 1.80. The standard InChI is InChI=1S/C11H14FN/c1-3-7-13-11-6-5-10(12)8-9(11)4-2/h4-6,8,13H,2-3,7H2,1H3. The first-order valence-electron chi connectivity index (χ1n) is 4.43. The van der Waals surface area contributed by atoms with E-state index in [-0.39, 0.29) is 5.82 Å². The van der Waals surface area contributed by atoms with Crippen molar-refractivity contribution in [3.63, 3.8) is 0 Å². The summed E-state index contributed by atoms with van der Waals surface area (Å²) in [4.78, 5) is 0. The van der Waals surface area contributed by atoms with Crippen LogP contribution in [0.4, 0.5) is 10.1 Å². The Morgan fingerprint density at radius 1 is 1.54 bits per heavy atom. The van der Waals surface area contributed by atoms with Crippen molar-refractivity contribution in [1.29, 1.82) is 0 Å². The predicted octanol–water partition coefficient (Wildman–Crippen LogP) is 3.29. The largest absolute Gasteiger partial charge is 0.385 e. The molecule has 0 spiro atoms. The van der Waals surface area contributed by atoms with Gasteiger partial charge in [0.25, 0.3) is 0 Å². The van der Waals surface area contributed by atoms with Crippen molar-refractivity contribution >= 4 is 11.8 Å². The van der Waals surface area contributed by atoms with E-state index in [0.717, 1.165) is 24.2 Å². The summed E-state index contributed by atoms with van der Waals surface area (Å²) in [6.07, 6.45) is 2.70. The monoisotopic (exact) mass is 179 g/mol. The fraction of sp³-hybridized carbons (Fsp3) is 0.273. The zero-order chi connectivity index (χ0) is 9.68. The molecule has 1 aromatic carbocycles. The van der Waals surface area contributed by atoms with Crippen molar-refractivity contribution in [3.05, 3.63) is 36.2 Å². The van der Waals surface area contributed by atoms with Gasteiger partial charge in [0.05, 0.1) is 0 Å². The van der Waals surface area contributed by atoms with Crippen molar-refractivity contribution in [2.45, 2.75) is 13.3 Å². The highest BCUT2D eigenvalue weighted by Crippen LogP contribution is 2.17. The average Bonchev–Trinajstić information content (AvgIpc) is 2.16. The first-order valence-corrected chi connectivity index (χ1v) is 4.43. The summed E-state index contributed by atoms with van der Waals surface area (Å²) in [7, 11) is 0. The van der Waals surface area contributed by atoms with Crippen molar-refractivity contribution in [3.8, 4) is 0 Å². The smallest absolute Gasteiger partial charge is 0.123 e. The lowest BCUT2D eigenvalue weighted by atomic mass is 10.1. The van der Waals surface area contributed by atoms with Gasteiger partial charge in [-0.05, 0) is 30.2 Å². The van der Waals surface area contributed by atoms with Crippen LogP contribution in [0.25, 0.3) is 6.08 Å². The molecule has 0 aliphatic heterocycles. The molecule has 1 rings (SSSR count). The number of benzene rings is 1. The van der Waals surface area contributed by atoms with Gasteiger partial charge in [0, 0.05) is 12.2 Å². The molecule has 2 heteroatoms. The molecule has 0 heterocycles. The van der Waals surface area contributed by atoms with E-state index in [4.69, 9.17) is 0 Å². The first kappa shape index (κ1) is 9.78. The van der Waals surface area contributed by atoms with Crippen molar-refractivity contribution in [1.82, 2.24) is 0 Å². The van der Waals surface area contributed by atoms with Crippen LogP contribution in [-0.2, 0) is 0 Å². The summed E-state index contributed by atoms with van der Waals surface area (Å²) in [6, 6.07) is 4.66. The highest BCUT2D eigenvalue weighted by Gasteiger charge is 1.99. The van der Waals surface area contributed by atoms with Crippen LogP contribution in [0, 0.1) is 5.82 Å². The maximum absolute atomic E-state index is 12.8. The summed E-state index contributed by atoms with van der Waals surface area (Å²) in [5, 5.41) is 3.20. The molecule has 1 aromatic rings. The predicted molar refractivity (Wildman–Crippen MR) is 55.3 cm³/mol. The molecule has 0 unspecified atom stereocenters. The molecule has 1 nitrogen and oxygen atoms in total. The summed E-state index contributed by atoms with van der Waals surface area (Å²) >= 11 is 0. The van der Waals surface area contributed by atoms with Crippen LogP contribution >= 0.6 is 0 Å². The van der Waals surface area contributed by atoms with Crippen LogP contribution < -0.4 is 5.32 Å². The lowest BCUT2D eigenvalue weighted by Crippen LogP contribution is -2.01. The lowest BCUT2D eigenvalue weighted by Gasteiger charge is -2.08. The molecule has 0 radical (unpaired) electrons. The van der Waals surface area contributed by atoms with E-state index in [1.807, 2.05) is 0 Å². The van der Waals surface area contributed by atoms with Crippen LogP contribution in [-0.4, -0.2) is 6.54 Å². The van der Waals surface area contributed by atoms with Gasteiger partial charge in [0.2, 0.25) is 0 Å². The van der Waals surface area contributed by atoms with Crippen LogP contribution in [0.15, 0.2) is 24.8 Å². The van der Waals surface area contributed by atoms with Crippen LogP contribution in [0.3, 0.4) is 0 Å². The number of nitrogens with one attached hydrogen (secondary N) is 1. The molecule has 0 aliphatic carbocycles. The minimum atomic E-state index is -0.225. The number of anilines is 1. The Bertz CT molecular complexity index is 294. The molecular formula is C11H14FN. The average molecular weight is 179 g/mol. The molecule has 13 heavy (non-hydrogen) atoms. The summed E-state index contributed by atoms with van der Waals surface area (Å²) < 4.78 is 12.8. The molecule has 0 amide bonds. The third-order valence-corrected chi connectivity index (χ3v) is 1.80. The Hall–Kier alpha value is -1.31. The van der Waals surface area contributed by atoms with E-state index in [0.29, 0.717) is 0 Å². The lowest BCUT2D eigenvalue weighted by molar-refractivity contribution is 0.627. The van der Waals surface area contributed by atoms with Crippen molar-refractivity contribution in [2.24, 2.45) is 0 Å². The quantitative estimate of drug-likeness (QED) is 0.747. The third kappa shape index (κ3) is 2.58. The molecule has 0 saturated heterocycles. The Balaban J connectivity index is 2.86. The summed E-state index contributed by atoms with van der Waals surface area (Å²) in [5.41, 5.74) is 1.76. The van der Waals surface area contributed by atoms with Gasteiger partial charge in [-0.25, -0.2) is 4.39 Å². The second-order valence-corrected chi connectivity index (χ2v) is 2.86. The minimum absolute atomic E-state index is 0.225. The van der Waals surface area contributed by atoms with Gasteiger partial charge >= 0.3 is 0 Å². The highest BCUT2D eigenvalue weighted by atomic mass is 19.1. The van der Waals surface area contributed by atoms with Crippen molar-refractivity contribution < 1.29 is 4.39 Å². The minimum Gasteiger partial charge on any atom is -0.385 e. The molecule has 0 aromatic heterocycles. The number of hydrogen-bond acceptors (Lipinski definition) is 1. The topological polar surface area (TPSA) is 12.0 Å². The Morgan fingerprint density at radius 3 is 2.92 bits per heavy atom. The molecule has 0 atom stereocenters. The highest BCUT2D eigenvalue weighted by molar-refractivity contribution is 5.65. The van der Waals surface area contributed by atoms with E-state index >= 15 is 0 Å². The second kappa shape index (κ2) is 4.65. The van der Waals surface area contributed by atoms with Crippen LogP contribution in [0.5, 0.6) is 0 Å². The summed E-state index contributed by atoms with van der Waals surface area (Å²) in [5.74, 6) is -0.225. The SMILES string of the molecule is C=Cc1cc(F)ccc1NCCC. The van der Waals surface area contributed by atoms with Crippen LogP contribution in [0.2, 0.25) is 0 Å². The van der Waals surface area contributed by atoms with Crippen molar-refractivity contribution in [2.75, 3.05) is 11.9 Å². The molecular weight excluding hydrogens is 165 g/mol. The van der Waals surface area contributed by atoms with E-state index in [2.05, 4.69) is 18.8 Å².